The standard InChI is InChI=1S/C20H24N2O3/c1-16(21-11-5-6-12-21)15-18(23)22-13-9-20(10-14-22,19(24)25)17-7-3-2-4-8-17/h2-8,11-12,16H,9-10,13-15H2,1H3,(H,24,25). The van der Waals surface area contributed by atoms with Crippen molar-refractivity contribution in [2.75, 3.05) is 13.1 Å². The minimum atomic E-state index is -0.885. The average molecular weight is 340 g/mol. The smallest absolute Gasteiger partial charge is 0.314 e. The van der Waals surface area contributed by atoms with E-state index in [2.05, 4.69) is 0 Å². The van der Waals surface area contributed by atoms with Crippen molar-refractivity contribution in [1.82, 2.24) is 9.47 Å². The summed E-state index contributed by atoms with van der Waals surface area (Å²) in [5, 5.41) is 9.83. The fourth-order valence-corrected chi connectivity index (χ4v) is 3.65. The second-order valence-electron chi connectivity index (χ2n) is 6.82. The number of aliphatic carboxylic acids is 1. The van der Waals surface area contributed by atoms with Crippen molar-refractivity contribution >= 4 is 11.9 Å². The van der Waals surface area contributed by atoms with Gasteiger partial charge in [-0.1, -0.05) is 30.3 Å². The Balaban J connectivity index is 1.66. The Bertz CT molecular complexity index is 717. The molecule has 5 heteroatoms. The third kappa shape index (κ3) is 3.45. The van der Waals surface area contributed by atoms with Gasteiger partial charge in [0.05, 0.1) is 5.41 Å². The number of carboxylic acids is 1. The first-order valence-electron chi connectivity index (χ1n) is 8.72. The quantitative estimate of drug-likeness (QED) is 0.910. The number of benzene rings is 1. The molecule has 25 heavy (non-hydrogen) atoms. The van der Waals surface area contributed by atoms with E-state index >= 15 is 0 Å². The minimum Gasteiger partial charge on any atom is -0.481 e. The molecule has 1 amide bonds. The molecule has 0 aliphatic carbocycles. The Morgan fingerprint density at radius 1 is 1.08 bits per heavy atom. The molecule has 1 saturated heterocycles. The number of nitrogens with zero attached hydrogens (tertiary/aromatic N) is 2. The van der Waals surface area contributed by atoms with Crippen molar-refractivity contribution in [3.63, 3.8) is 0 Å². The van der Waals surface area contributed by atoms with Crippen molar-refractivity contribution < 1.29 is 14.7 Å². The highest BCUT2D eigenvalue weighted by Gasteiger charge is 2.43. The lowest BCUT2D eigenvalue weighted by Crippen LogP contribution is -2.49. The lowest BCUT2D eigenvalue weighted by molar-refractivity contribution is -0.148. The number of hydrogen-bond donors (Lipinski definition) is 1. The van der Waals surface area contributed by atoms with Gasteiger partial charge in [-0.15, -0.1) is 0 Å². The number of hydrogen-bond acceptors (Lipinski definition) is 2. The molecule has 2 aromatic rings. The summed E-state index contributed by atoms with van der Waals surface area (Å²) in [7, 11) is 0. The molecule has 0 radical (unpaired) electrons. The van der Waals surface area contributed by atoms with E-state index in [1.165, 1.54) is 0 Å². The molecule has 0 bridgehead atoms. The number of aromatic nitrogens is 1. The zero-order valence-corrected chi connectivity index (χ0v) is 14.5. The third-order valence-electron chi connectivity index (χ3n) is 5.31. The van der Waals surface area contributed by atoms with Gasteiger partial charge in [-0.25, -0.2) is 0 Å². The van der Waals surface area contributed by atoms with Gasteiger partial charge in [-0.3, -0.25) is 9.59 Å². The number of carbonyl (C=O) groups is 2. The summed E-state index contributed by atoms with van der Waals surface area (Å²) < 4.78 is 2.02. The molecule has 1 aliphatic rings. The number of rotatable bonds is 5. The highest BCUT2D eigenvalue weighted by Crippen LogP contribution is 2.36. The lowest BCUT2D eigenvalue weighted by Gasteiger charge is -2.39. The summed E-state index contributed by atoms with van der Waals surface area (Å²) in [5.41, 5.74) is -0.0558. The number of carbonyl (C=O) groups excluding carboxylic acids is 1. The van der Waals surface area contributed by atoms with Crippen LogP contribution in [-0.4, -0.2) is 39.5 Å². The van der Waals surface area contributed by atoms with Crippen molar-refractivity contribution in [2.24, 2.45) is 0 Å². The second-order valence-corrected chi connectivity index (χ2v) is 6.82. The van der Waals surface area contributed by atoms with Crippen molar-refractivity contribution in [2.45, 2.75) is 37.6 Å². The van der Waals surface area contributed by atoms with Gasteiger partial charge in [0.25, 0.3) is 0 Å². The van der Waals surface area contributed by atoms with Gasteiger partial charge in [0, 0.05) is 37.9 Å². The second kappa shape index (κ2) is 7.13. The summed E-state index contributed by atoms with van der Waals surface area (Å²) in [4.78, 5) is 26.4. The topological polar surface area (TPSA) is 62.5 Å². The number of amides is 1. The van der Waals surface area contributed by atoms with Crippen LogP contribution in [0.4, 0.5) is 0 Å². The predicted octanol–water partition coefficient (Wildman–Crippen LogP) is 3.08. The normalized spacial score (nSPS) is 17.9. The van der Waals surface area contributed by atoms with Crippen LogP contribution in [0, 0.1) is 0 Å². The summed E-state index contributed by atoms with van der Waals surface area (Å²) >= 11 is 0. The first-order valence-corrected chi connectivity index (χ1v) is 8.72. The Hall–Kier alpha value is -2.56. The van der Waals surface area contributed by atoms with Gasteiger partial charge in [0.1, 0.15) is 0 Å². The van der Waals surface area contributed by atoms with Gasteiger partial charge in [0.2, 0.25) is 5.91 Å². The van der Waals surface area contributed by atoms with E-state index in [-0.39, 0.29) is 11.9 Å². The van der Waals surface area contributed by atoms with Crippen LogP contribution in [-0.2, 0) is 15.0 Å². The minimum absolute atomic E-state index is 0.0910. The van der Waals surface area contributed by atoms with Crippen LogP contribution in [0.25, 0.3) is 0 Å². The van der Waals surface area contributed by atoms with Crippen LogP contribution in [0.5, 0.6) is 0 Å². The fourth-order valence-electron chi connectivity index (χ4n) is 3.65. The lowest BCUT2D eigenvalue weighted by atomic mass is 9.73. The molecule has 5 nitrogen and oxygen atoms in total. The van der Waals surface area contributed by atoms with E-state index in [0.29, 0.717) is 32.4 Å². The molecule has 1 N–H and O–H groups in total. The molecule has 132 valence electrons. The molecule has 1 aromatic carbocycles. The average Bonchev–Trinajstić information content (AvgIpc) is 3.17. The number of piperidine rings is 1. The van der Waals surface area contributed by atoms with Gasteiger partial charge in [-0.2, -0.15) is 0 Å². The molecule has 2 heterocycles. The summed E-state index contributed by atoms with van der Waals surface area (Å²) in [6.07, 6.45) is 5.25. The Morgan fingerprint density at radius 2 is 1.68 bits per heavy atom. The summed E-state index contributed by atoms with van der Waals surface area (Å²) in [6, 6.07) is 13.4. The van der Waals surface area contributed by atoms with Crippen LogP contribution < -0.4 is 0 Å². The van der Waals surface area contributed by atoms with Crippen molar-refractivity contribution in [3.8, 4) is 0 Å². The fraction of sp³-hybridized carbons (Fsp3) is 0.400. The van der Waals surface area contributed by atoms with Crippen LogP contribution >= 0.6 is 0 Å². The van der Waals surface area contributed by atoms with Gasteiger partial charge in [0.15, 0.2) is 0 Å². The maximum Gasteiger partial charge on any atom is 0.314 e. The number of carboxylic acid groups (broad SMARTS) is 1. The molecule has 1 atom stereocenters. The van der Waals surface area contributed by atoms with Crippen LogP contribution in [0.1, 0.15) is 37.8 Å². The molecule has 1 unspecified atom stereocenters. The first kappa shape index (κ1) is 17.3. The molecule has 0 spiro atoms. The molecule has 1 aliphatic heterocycles. The highest BCUT2D eigenvalue weighted by molar-refractivity contribution is 5.82. The maximum absolute atomic E-state index is 12.6. The zero-order valence-electron chi connectivity index (χ0n) is 14.5. The van der Waals surface area contributed by atoms with Crippen molar-refractivity contribution in [1.29, 1.82) is 0 Å². The Kier molecular flexibility index (Phi) is 4.93. The van der Waals surface area contributed by atoms with E-state index in [1.807, 2.05) is 71.2 Å². The van der Waals surface area contributed by atoms with Crippen LogP contribution in [0.3, 0.4) is 0 Å². The van der Waals surface area contributed by atoms with Crippen molar-refractivity contribution in [3.05, 3.63) is 60.4 Å². The maximum atomic E-state index is 12.6. The monoisotopic (exact) mass is 340 g/mol. The van der Waals surface area contributed by atoms with E-state index in [9.17, 15) is 14.7 Å². The molecular weight excluding hydrogens is 316 g/mol. The summed E-state index contributed by atoms with van der Waals surface area (Å²) in [6.45, 7) is 2.99. The molecule has 0 saturated carbocycles. The highest BCUT2D eigenvalue weighted by atomic mass is 16.4. The van der Waals surface area contributed by atoms with E-state index in [1.54, 1.807) is 0 Å². The van der Waals surface area contributed by atoms with Crippen LogP contribution in [0.2, 0.25) is 0 Å². The Morgan fingerprint density at radius 3 is 2.24 bits per heavy atom. The third-order valence-corrected chi connectivity index (χ3v) is 5.31. The predicted molar refractivity (Wildman–Crippen MR) is 95.3 cm³/mol. The van der Waals surface area contributed by atoms with E-state index in [0.717, 1.165) is 5.56 Å². The van der Waals surface area contributed by atoms with Gasteiger partial charge < -0.3 is 14.6 Å². The van der Waals surface area contributed by atoms with Crippen LogP contribution in [0.15, 0.2) is 54.9 Å². The molecule has 3 rings (SSSR count). The van der Waals surface area contributed by atoms with Gasteiger partial charge in [-0.05, 0) is 37.5 Å². The summed E-state index contributed by atoms with van der Waals surface area (Å²) in [5.74, 6) is -0.709. The number of likely N-dealkylation sites (tertiary alicyclic amines) is 1. The molecular formula is C20H24N2O3. The van der Waals surface area contributed by atoms with E-state index < -0.39 is 11.4 Å². The first-order chi connectivity index (χ1) is 12.0. The molecule has 1 fully saturated rings. The largest absolute Gasteiger partial charge is 0.481 e. The van der Waals surface area contributed by atoms with E-state index in [4.69, 9.17) is 0 Å². The Labute approximate surface area is 147 Å². The molecule has 1 aromatic heterocycles. The zero-order chi connectivity index (χ0) is 17.9. The SMILES string of the molecule is CC(CC(=O)N1CCC(C(=O)O)(c2ccccc2)CC1)n1cccc1. The van der Waals surface area contributed by atoms with Gasteiger partial charge >= 0.3 is 5.97 Å².